The topological polar surface area (TPSA) is 37.3 Å². The van der Waals surface area contributed by atoms with Gasteiger partial charge >= 0.3 is 5.97 Å². The molecule has 0 aliphatic carbocycles. The van der Waals surface area contributed by atoms with Gasteiger partial charge in [-0.15, -0.1) is 0 Å². The molecule has 1 unspecified atom stereocenters. The lowest BCUT2D eigenvalue weighted by molar-refractivity contribution is -0.137. The molecule has 210 valence electrons. The minimum atomic E-state index is -0.646. The first-order valence-electron chi connectivity index (χ1n) is 16.0. The summed E-state index contributed by atoms with van der Waals surface area (Å²) in [4.78, 5) is 10.6. The second-order valence-electron chi connectivity index (χ2n) is 11.0. The highest BCUT2D eigenvalue weighted by atomic mass is 32.2. The molecule has 35 heavy (non-hydrogen) atoms. The van der Waals surface area contributed by atoms with E-state index in [1.54, 1.807) is 0 Å². The van der Waals surface area contributed by atoms with Crippen molar-refractivity contribution in [3.05, 3.63) is 0 Å². The van der Waals surface area contributed by atoms with Gasteiger partial charge in [-0.1, -0.05) is 155 Å². The predicted molar refractivity (Wildman–Crippen MR) is 160 cm³/mol. The van der Waals surface area contributed by atoms with Gasteiger partial charge in [0.1, 0.15) is 0 Å². The van der Waals surface area contributed by atoms with Crippen LogP contribution in [-0.4, -0.2) is 22.1 Å². The summed E-state index contributed by atoms with van der Waals surface area (Å²) in [5.74, 6) is 0.723. The van der Waals surface area contributed by atoms with Crippen molar-refractivity contribution in [1.29, 1.82) is 0 Å². The van der Waals surface area contributed by atoms with Crippen LogP contribution in [0, 0.1) is 0 Å². The maximum absolute atomic E-state index is 10.6. The largest absolute Gasteiger partial charge is 0.481 e. The van der Waals surface area contributed by atoms with Crippen molar-refractivity contribution in [3.63, 3.8) is 0 Å². The first-order valence-corrected chi connectivity index (χ1v) is 17.1. The summed E-state index contributed by atoms with van der Waals surface area (Å²) in [6.45, 7) is 4.60. The highest BCUT2D eigenvalue weighted by Crippen LogP contribution is 2.26. The van der Waals surface area contributed by atoms with Crippen molar-refractivity contribution >= 4 is 17.7 Å². The molecule has 0 aliphatic rings. The van der Waals surface area contributed by atoms with Crippen molar-refractivity contribution in [1.82, 2.24) is 0 Å². The summed E-state index contributed by atoms with van der Waals surface area (Å²) in [6, 6.07) is 0. The van der Waals surface area contributed by atoms with Crippen LogP contribution < -0.4 is 0 Å². The van der Waals surface area contributed by atoms with E-state index in [0.717, 1.165) is 18.1 Å². The summed E-state index contributed by atoms with van der Waals surface area (Å²) in [5.41, 5.74) is 0. The zero-order chi connectivity index (χ0) is 25.7. The maximum atomic E-state index is 10.6. The van der Waals surface area contributed by atoms with Gasteiger partial charge in [-0.3, -0.25) is 4.79 Å². The van der Waals surface area contributed by atoms with Gasteiger partial charge in [0.15, 0.2) is 0 Å². The lowest BCUT2D eigenvalue weighted by Crippen LogP contribution is -2.04. The molecule has 0 amide bonds. The number of thioether (sulfide) groups is 1. The van der Waals surface area contributed by atoms with Crippen LogP contribution in [0.5, 0.6) is 0 Å². The number of aliphatic carboxylic acids is 1. The minimum absolute atomic E-state index is 0.343. The zero-order valence-corrected chi connectivity index (χ0v) is 25.0. The van der Waals surface area contributed by atoms with Gasteiger partial charge in [-0.25, -0.2) is 0 Å². The quantitative estimate of drug-likeness (QED) is 0.0972. The van der Waals surface area contributed by atoms with Crippen LogP contribution in [0.1, 0.15) is 187 Å². The lowest BCUT2D eigenvalue weighted by atomic mass is 10.0. The van der Waals surface area contributed by atoms with Crippen molar-refractivity contribution < 1.29 is 9.90 Å². The van der Waals surface area contributed by atoms with Gasteiger partial charge in [0, 0.05) is 11.7 Å². The minimum Gasteiger partial charge on any atom is -0.481 e. The highest BCUT2D eigenvalue weighted by molar-refractivity contribution is 7.99. The molecule has 2 nitrogen and oxygen atoms in total. The fraction of sp³-hybridized carbons (Fsp3) is 0.969. The second-order valence-corrected chi connectivity index (χ2v) is 12.4. The summed E-state index contributed by atoms with van der Waals surface area (Å²) in [6.07, 6.45) is 36.0. The highest BCUT2D eigenvalue weighted by Gasteiger charge is 2.09. The van der Waals surface area contributed by atoms with Gasteiger partial charge in [-0.2, -0.15) is 11.8 Å². The Bertz CT molecular complexity index is 412. The Labute approximate surface area is 225 Å². The smallest absolute Gasteiger partial charge is 0.303 e. The first kappa shape index (κ1) is 34.8. The average Bonchev–Trinajstić information content (AvgIpc) is 2.85. The summed E-state index contributed by atoms with van der Waals surface area (Å²) in [7, 11) is 0. The van der Waals surface area contributed by atoms with E-state index in [0.29, 0.717) is 6.42 Å². The number of rotatable bonds is 30. The van der Waals surface area contributed by atoms with Crippen molar-refractivity contribution in [3.8, 4) is 0 Å². The summed E-state index contributed by atoms with van der Waals surface area (Å²) < 4.78 is 0. The molecule has 0 aromatic heterocycles. The number of carboxylic acid groups (broad SMARTS) is 1. The molecular weight excluding hydrogens is 448 g/mol. The van der Waals surface area contributed by atoms with E-state index in [1.165, 1.54) is 160 Å². The van der Waals surface area contributed by atoms with Crippen molar-refractivity contribution in [2.24, 2.45) is 0 Å². The van der Waals surface area contributed by atoms with Crippen molar-refractivity contribution in [2.75, 3.05) is 5.75 Å². The molecule has 1 atom stereocenters. The van der Waals surface area contributed by atoms with E-state index < -0.39 is 5.97 Å². The number of carboxylic acids is 1. The van der Waals surface area contributed by atoms with E-state index in [9.17, 15) is 4.79 Å². The van der Waals surface area contributed by atoms with Crippen LogP contribution in [0.4, 0.5) is 0 Å². The monoisotopic (exact) mass is 512 g/mol. The molecule has 0 saturated heterocycles. The Balaban J connectivity index is 3.78. The Kier molecular flexibility index (Phi) is 29.9. The van der Waals surface area contributed by atoms with E-state index in [2.05, 4.69) is 25.6 Å². The maximum Gasteiger partial charge on any atom is 0.303 e. The normalized spacial score (nSPS) is 12.3. The molecule has 0 aromatic carbocycles. The molecule has 0 bridgehead atoms. The van der Waals surface area contributed by atoms with Crippen LogP contribution in [0.25, 0.3) is 0 Å². The van der Waals surface area contributed by atoms with Crippen LogP contribution >= 0.6 is 11.8 Å². The fourth-order valence-electron chi connectivity index (χ4n) is 5.01. The molecule has 0 radical (unpaired) electrons. The third kappa shape index (κ3) is 29.9. The fourth-order valence-corrected chi connectivity index (χ4v) is 6.38. The van der Waals surface area contributed by atoms with E-state index in [-0.39, 0.29) is 0 Å². The van der Waals surface area contributed by atoms with Crippen molar-refractivity contribution in [2.45, 2.75) is 192 Å². The first-order chi connectivity index (χ1) is 17.2. The molecule has 0 rings (SSSR count). The SMILES string of the molecule is CCCCCCCCCCCCCCSC(CCCCCCCC)CCCCCCCCC(=O)O. The second kappa shape index (κ2) is 30.0. The molecule has 1 N–H and O–H groups in total. The number of hydrogen-bond donors (Lipinski definition) is 1. The number of carbonyl (C=O) groups is 1. The Hall–Kier alpha value is -0.180. The molecule has 0 heterocycles. The summed E-state index contributed by atoms with van der Waals surface area (Å²) >= 11 is 2.28. The standard InChI is InChI=1S/C32H64O2S/c1-3-5-7-9-11-12-13-14-15-18-22-26-30-35-31(27-23-19-10-8-6-4-2)28-24-20-16-17-21-25-29-32(33)34/h31H,3-30H2,1-2H3,(H,33,34). The lowest BCUT2D eigenvalue weighted by Gasteiger charge is -2.17. The van der Waals surface area contributed by atoms with Gasteiger partial charge in [0.25, 0.3) is 0 Å². The van der Waals surface area contributed by atoms with Gasteiger partial charge in [-0.05, 0) is 31.4 Å². The molecule has 0 saturated carbocycles. The predicted octanol–water partition coefficient (Wildman–Crippen LogP) is 11.7. The van der Waals surface area contributed by atoms with E-state index in [1.807, 2.05) is 0 Å². The van der Waals surface area contributed by atoms with Gasteiger partial charge in [0.05, 0.1) is 0 Å². The number of unbranched alkanes of at least 4 members (excludes halogenated alkanes) is 21. The molecule has 0 aromatic rings. The summed E-state index contributed by atoms with van der Waals surface area (Å²) in [5, 5.41) is 9.61. The zero-order valence-electron chi connectivity index (χ0n) is 24.1. The van der Waals surface area contributed by atoms with Crippen LogP contribution in [0.2, 0.25) is 0 Å². The van der Waals surface area contributed by atoms with Crippen LogP contribution in [0.3, 0.4) is 0 Å². The average molecular weight is 513 g/mol. The third-order valence-electron chi connectivity index (χ3n) is 7.40. The molecule has 3 heteroatoms. The van der Waals surface area contributed by atoms with E-state index in [4.69, 9.17) is 5.11 Å². The van der Waals surface area contributed by atoms with Gasteiger partial charge < -0.3 is 5.11 Å². The Morgan fingerprint density at radius 2 is 0.857 bits per heavy atom. The Morgan fingerprint density at radius 3 is 1.26 bits per heavy atom. The van der Waals surface area contributed by atoms with E-state index >= 15 is 0 Å². The van der Waals surface area contributed by atoms with Crippen LogP contribution in [-0.2, 0) is 4.79 Å². The molecule has 0 spiro atoms. The number of hydrogen-bond acceptors (Lipinski definition) is 2. The van der Waals surface area contributed by atoms with Gasteiger partial charge in [0.2, 0.25) is 0 Å². The Morgan fingerprint density at radius 1 is 0.514 bits per heavy atom. The molecule has 0 aliphatic heterocycles. The molecular formula is C32H64O2S. The van der Waals surface area contributed by atoms with Crippen LogP contribution in [0.15, 0.2) is 0 Å². The third-order valence-corrected chi connectivity index (χ3v) is 8.87. The molecule has 0 fully saturated rings.